The molecule has 0 aliphatic heterocycles. The Bertz CT molecular complexity index is 1480. The van der Waals surface area contributed by atoms with Crippen LogP contribution in [0, 0.1) is 11.3 Å². The molecular formula is C30H31N7OS. The molecule has 3 aromatic rings. The number of benzene rings is 1. The van der Waals surface area contributed by atoms with E-state index in [0.29, 0.717) is 40.0 Å². The number of likely N-dealkylation sites (N-methyl/N-ethyl adjacent to an activating group) is 1. The van der Waals surface area contributed by atoms with Crippen molar-refractivity contribution in [1.82, 2.24) is 20.1 Å². The fourth-order valence-corrected chi connectivity index (χ4v) is 4.18. The second-order valence-electron chi connectivity index (χ2n) is 8.82. The van der Waals surface area contributed by atoms with Gasteiger partial charge in [0.05, 0.1) is 22.3 Å². The third-order valence-electron chi connectivity index (χ3n) is 5.91. The molecule has 2 aromatic heterocycles. The smallest absolute Gasteiger partial charge is 0.158 e. The molecule has 1 aromatic carbocycles. The van der Waals surface area contributed by atoms with Gasteiger partial charge in [0.25, 0.3) is 0 Å². The molecule has 3 N–H and O–H groups in total. The molecule has 4 rings (SSSR count). The highest BCUT2D eigenvalue weighted by atomic mass is 32.1. The lowest BCUT2D eigenvalue weighted by Crippen LogP contribution is -2.15. The van der Waals surface area contributed by atoms with E-state index in [-0.39, 0.29) is 0 Å². The van der Waals surface area contributed by atoms with Crippen LogP contribution in [-0.2, 0) is 6.42 Å². The predicted molar refractivity (Wildman–Crippen MR) is 161 cm³/mol. The first kappa shape index (κ1) is 27.5. The van der Waals surface area contributed by atoms with Crippen molar-refractivity contribution >= 4 is 40.2 Å². The minimum absolute atomic E-state index is 0.546. The maximum Gasteiger partial charge on any atom is 0.158 e. The van der Waals surface area contributed by atoms with Gasteiger partial charge in [0.2, 0.25) is 0 Å². The van der Waals surface area contributed by atoms with Crippen molar-refractivity contribution in [3.63, 3.8) is 0 Å². The Balaban J connectivity index is 1.76. The molecule has 0 amide bonds. The molecule has 0 saturated heterocycles. The van der Waals surface area contributed by atoms with Crippen LogP contribution < -0.4 is 20.7 Å². The summed E-state index contributed by atoms with van der Waals surface area (Å²) in [7, 11) is 1.91. The van der Waals surface area contributed by atoms with Crippen LogP contribution in [0.3, 0.4) is 0 Å². The van der Waals surface area contributed by atoms with Crippen molar-refractivity contribution in [3.8, 4) is 17.6 Å². The van der Waals surface area contributed by atoms with Crippen LogP contribution in [0.4, 0.5) is 17.3 Å². The predicted octanol–water partition coefficient (Wildman–Crippen LogP) is 6.53. The van der Waals surface area contributed by atoms with Gasteiger partial charge in [-0.2, -0.15) is 5.26 Å². The van der Waals surface area contributed by atoms with E-state index in [0.717, 1.165) is 35.6 Å². The number of hydrogen-bond donors (Lipinski definition) is 3. The van der Waals surface area contributed by atoms with E-state index in [1.165, 1.54) is 0 Å². The van der Waals surface area contributed by atoms with Gasteiger partial charge in [0.1, 0.15) is 17.3 Å². The van der Waals surface area contributed by atoms with Crippen molar-refractivity contribution in [2.75, 3.05) is 24.2 Å². The van der Waals surface area contributed by atoms with Crippen molar-refractivity contribution < 1.29 is 4.74 Å². The molecule has 198 valence electrons. The molecule has 0 radical (unpaired) electrons. The summed E-state index contributed by atoms with van der Waals surface area (Å²) in [5.41, 5.74) is 3.96. The van der Waals surface area contributed by atoms with E-state index in [1.54, 1.807) is 24.0 Å². The van der Waals surface area contributed by atoms with Crippen molar-refractivity contribution in [2.24, 2.45) is 0 Å². The van der Waals surface area contributed by atoms with Gasteiger partial charge in [-0.1, -0.05) is 42.6 Å². The first-order valence-electron chi connectivity index (χ1n) is 12.6. The largest absolute Gasteiger partial charge is 0.457 e. The number of allylic oxidation sites excluding steroid dienone is 8. The number of nitrogens with one attached hydrogen (secondary N) is 3. The molecule has 0 bridgehead atoms. The summed E-state index contributed by atoms with van der Waals surface area (Å²) in [4.78, 5) is 4.62. The molecule has 8 nitrogen and oxygen atoms in total. The Morgan fingerprint density at radius 3 is 2.54 bits per heavy atom. The monoisotopic (exact) mass is 537 g/mol. The molecule has 9 heteroatoms. The minimum atomic E-state index is 0.546. The minimum Gasteiger partial charge on any atom is -0.457 e. The van der Waals surface area contributed by atoms with Crippen LogP contribution >= 0.6 is 12.2 Å². The maximum absolute atomic E-state index is 9.92. The van der Waals surface area contributed by atoms with Gasteiger partial charge in [-0.3, -0.25) is 4.98 Å². The highest BCUT2D eigenvalue weighted by molar-refractivity contribution is 7.80. The number of ether oxygens (including phenoxy) is 1. The molecule has 0 atom stereocenters. The molecule has 0 unspecified atom stereocenters. The van der Waals surface area contributed by atoms with Crippen LogP contribution in [-0.4, -0.2) is 33.3 Å². The number of hydrogen-bond acceptors (Lipinski definition) is 7. The second-order valence-corrected chi connectivity index (χ2v) is 9.44. The van der Waals surface area contributed by atoms with Crippen LogP contribution in [0.5, 0.6) is 11.5 Å². The highest BCUT2D eigenvalue weighted by Gasteiger charge is 2.23. The molecular weight excluding hydrogens is 506 g/mol. The molecule has 2 heterocycles. The molecule has 0 fully saturated rings. The third-order valence-corrected chi connectivity index (χ3v) is 6.01. The average Bonchev–Trinajstić information content (AvgIpc) is 3.09. The quantitative estimate of drug-likeness (QED) is 0.198. The first-order valence-corrected chi connectivity index (χ1v) is 13.0. The van der Waals surface area contributed by atoms with Crippen LogP contribution in [0.25, 0.3) is 5.70 Å². The zero-order valence-corrected chi connectivity index (χ0v) is 23.0. The molecule has 0 spiro atoms. The highest BCUT2D eigenvalue weighted by Crippen LogP contribution is 2.35. The zero-order chi connectivity index (χ0) is 27.6. The van der Waals surface area contributed by atoms with E-state index in [2.05, 4.69) is 39.2 Å². The number of aromatic nitrogens is 3. The summed E-state index contributed by atoms with van der Waals surface area (Å²) in [5, 5.41) is 24.9. The third kappa shape index (κ3) is 7.08. The number of nitrogens with zero attached hydrogens (tertiary/aromatic N) is 4. The van der Waals surface area contributed by atoms with Gasteiger partial charge < -0.3 is 20.7 Å². The van der Waals surface area contributed by atoms with E-state index >= 15 is 0 Å². The summed E-state index contributed by atoms with van der Waals surface area (Å²) in [6.07, 6.45) is 15.0. The topological polar surface area (TPSA) is 99.8 Å². The second kappa shape index (κ2) is 13.3. The summed E-state index contributed by atoms with van der Waals surface area (Å²) in [6, 6.07) is 13.6. The van der Waals surface area contributed by atoms with E-state index in [9.17, 15) is 5.26 Å². The van der Waals surface area contributed by atoms with Crippen LogP contribution in [0.1, 0.15) is 25.8 Å². The first-order chi connectivity index (χ1) is 19.0. The fourth-order valence-electron chi connectivity index (χ4n) is 4.09. The average molecular weight is 538 g/mol. The summed E-state index contributed by atoms with van der Waals surface area (Å²) in [6.45, 7) is 4.37. The Hall–Kier alpha value is -4.52. The lowest BCUT2D eigenvalue weighted by molar-refractivity contribution is 0.482. The van der Waals surface area contributed by atoms with E-state index in [4.69, 9.17) is 22.1 Å². The standard InChI is InChI=1S/C30H31N7OS/c1-21(20-31)28(23-8-6-4-5-7-9-23)37-30(34-22(2)39)27(16-17-32-3)29(36-37)35-24-10-12-25(13-11-24)38-26-14-18-33-19-15-26/h4-6,8-15,18-19,32H,7,16-17H2,1-3H3,(H,34,39)(H,35,36)/b28-21+. The van der Waals surface area contributed by atoms with E-state index in [1.807, 2.05) is 68.6 Å². The van der Waals surface area contributed by atoms with Crippen LogP contribution in [0.15, 0.2) is 90.3 Å². The van der Waals surface area contributed by atoms with Crippen molar-refractivity contribution in [2.45, 2.75) is 26.7 Å². The summed E-state index contributed by atoms with van der Waals surface area (Å²) < 4.78 is 7.70. The van der Waals surface area contributed by atoms with Gasteiger partial charge in [0, 0.05) is 23.6 Å². The summed E-state index contributed by atoms with van der Waals surface area (Å²) >= 11 is 5.45. The van der Waals surface area contributed by atoms with Gasteiger partial charge in [-0.05, 0) is 82.3 Å². The number of nitriles is 1. The maximum atomic E-state index is 9.92. The Morgan fingerprint density at radius 1 is 1.10 bits per heavy atom. The Morgan fingerprint density at radius 2 is 1.85 bits per heavy atom. The lowest BCUT2D eigenvalue weighted by atomic mass is 10.1. The van der Waals surface area contributed by atoms with Crippen molar-refractivity contribution in [1.29, 1.82) is 5.26 Å². The van der Waals surface area contributed by atoms with Crippen molar-refractivity contribution in [3.05, 3.63) is 95.9 Å². The van der Waals surface area contributed by atoms with Gasteiger partial charge in [0.15, 0.2) is 5.82 Å². The molecule has 39 heavy (non-hydrogen) atoms. The molecule has 1 aliphatic rings. The Labute approximate surface area is 234 Å². The number of thiocarbonyl (C=S) groups is 1. The summed E-state index contributed by atoms with van der Waals surface area (Å²) in [5.74, 6) is 2.83. The Kier molecular flexibility index (Phi) is 9.40. The fraction of sp³-hybridized carbons (Fsp3) is 0.200. The molecule has 1 aliphatic carbocycles. The number of rotatable bonds is 10. The number of anilines is 3. The lowest BCUT2D eigenvalue weighted by Gasteiger charge is -2.16. The van der Waals surface area contributed by atoms with Crippen LogP contribution in [0.2, 0.25) is 0 Å². The normalized spacial score (nSPS) is 13.1. The zero-order valence-electron chi connectivity index (χ0n) is 22.2. The van der Waals surface area contributed by atoms with Gasteiger partial charge >= 0.3 is 0 Å². The van der Waals surface area contributed by atoms with Gasteiger partial charge in [-0.25, -0.2) is 4.68 Å². The SMILES string of the molecule is CNCCc1c(Nc2ccc(Oc3ccncc3)cc2)nn(/C(C2=CCC=CC=C2)=C(\C)C#N)c1NC(C)=S. The van der Waals surface area contributed by atoms with Gasteiger partial charge in [-0.15, -0.1) is 5.10 Å². The number of pyridine rings is 1. The molecule has 0 saturated carbocycles. The van der Waals surface area contributed by atoms with E-state index < -0.39 is 0 Å².